The standard InChI is InChI=1S/C12H12F4N2.C2H6/c1-7(2)8-3-10-11(4-9(8)13)18(6-17-10)5-12(14,15)16;1-2/h3-4,6-7H,5H2,1-2H3;1-2H3. The van der Waals surface area contributed by atoms with Crippen LogP contribution in [-0.4, -0.2) is 15.7 Å². The molecule has 112 valence electrons. The molecular weight excluding hydrogens is 272 g/mol. The van der Waals surface area contributed by atoms with E-state index in [4.69, 9.17) is 0 Å². The molecule has 0 fully saturated rings. The molecule has 0 N–H and O–H groups in total. The monoisotopic (exact) mass is 290 g/mol. The van der Waals surface area contributed by atoms with Crippen molar-refractivity contribution in [2.75, 3.05) is 0 Å². The second kappa shape index (κ2) is 6.24. The van der Waals surface area contributed by atoms with Crippen LogP contribution in [0.2, 0.25) is 0 Å². The molecule has 6 heteroatoms. The average molecular weight is 290 g/mol. The van der Waals surface area contributed by atoms with E-state index in [0.717, 1.165) is 17.0 Å². The third-order valence-electron chi connectivity index (χ3n) is 2.71. The van der Waals surface area contributed by atoms with Crippen molar-refractivity contribution < 1.29 is 17.6 Å². The van der Waals surface area contributed by atoms with Crippen LogP contribution in [0.5, 0.6) is 0 Å². The molecule has 0 unspecified atom stereocenters. The van der Waals surface area contributed by atoms with Crippen molar-refractivity contribution in [1.82, 2.24) is 9.55 Å². The zero-order valence-electron chi connectivity index (χ0n) is 11.9. The molecule has 0 saturated heterocycles. The highest BCUT2D eigenvalue weighted by Crippen LogP contribution is 2.26. The number of hydrogen-bond acceptors (Lipinski definition) is 1. The van der Waals surface area contributed by atoms with Crippen LogP contribution < -0.4 is 0 Å². The number of fused-ring (bicyclic) bond motifs is 1. The minimum absolute atomic E-state index is 0.0397. The van der Waals surface area contributed by atoms with E-state index in [-0.39, 0.29) is 11.4 Å². The normalized spacial score (nSPS) is 11.7. The maximum Gasteiger partial charge on any atom is 0.406 e. The highest BCUT2D eigenvalue weighted by atomic mass is 19.4. The van der Waals surface area contributed by atoms with Crippen LogP contribution in [0.1, 0.15) is 39.2 Å². The maximum atomic E-state index is 13.7. The van der Waals surface area contributed by atoms with Crippen LogP contribution in [0, 0.1) is 5.82 Å². The van der Waals surface area contributed by atoms with E-state index in [1.165, 1.54) is 6.07 Å². The fraction of sp³-hybridized carbons (Fsp3) is 0.500. The molecule has 0 atom stereocenters. The van der Waals surface area contributed by atoms with E-state index in [1.807, 2.05) is 27.7 Å². The Morgan fingerprint density at radius 1 is 1.20 bits per heavy atom. The van der Waals surface area contributed by atoms with Crippen molar-refractivity contribution in [2.24, 2.45) is 0 Å². The summed E-state index contributed by atoms with van der Waals surface area (Å²) in [5.41, 5.74) is 0.998. The van der Waals surface area contributed by atoms with E-state index in [0.29, 0.717) is 11.1 Å². The molecule has 0 spiro atoms. The van der Waals surface area contributed by atoms with Gasteiger partial charge in [-0.05, 0) is 17.5 Å². The Balaban J connectivity index is 0.000000956. The van der Waals surface area contributed by atoms with E-state index >= 15 is 0 Å². The first-order valence-corrected chi connectivity index (χ1v) is 6.49. The number of aromatic nitrogens is 2. The summed E-state index contributed by atoms with van der Waals surface area (Å²) in [4.78, 5) is 3.88. The van der Waals surface area contributed by atoms with Crippen molar-refractivity contribution in [1.29, 1.82) is 0 Å². The highest BCUT2D eigenvalue weighted by molar-refractivity contribution is 5.76. The fourth-order valence-electron chi connectivity index (χ4n) is 1.86. The molecule has 0 aliphatic heterocycles. The Labute approximate surface area is 115 Å². The summed E-state index contributed by atoms with van der Waals surface area (Å²) in [6.45, 7) is 6.47. The van der Waals surface area contributed by atoms with Crippen LogP contribution in [0.3, 0.4) is 0 Å². The van der Waals surface area contributed by atoms with Gasteiger partial charge in [0.1, 0.15) is 12.4 Å². The lowest BCUT2D eigenvalue weighted by atomic mass is 10.0. The Kier molecular flexibility index (Phi) is 5.14. The first kappa shape index (κ1) is 16.5. The molecule has 2 nitrogen and oxygen atoms in total. The molecule has 1 aromatic carbocycles. The van der Waals surface area contributed by atoms with Gasteiger partial charge >= 0.3 is 6.18 Å². The van der Waals surface area contributed by atoms with E-state index < -0.39 is 18.5 Å². The van der Waals surface area contributed by atoms with Crippen molar-refractivity contribution in [2.45, 2.75) is 46.3 Å². The summed E-state index contributed by atoms with van der Waals surface area (Å²) in [7, 11) is 0. The zero-order valence-corrected chi connectivity index (χ0v) is 11.9. The molecule has 1 aromatic heterocycles. The second-order valence-corrected chi connectivity index (χ2v) is 4.50. The number of rotatable bonds is 2. The summed E-state index contributed by atoms with van der Waals surface area (Å²) in [5.74, 6) is -0.538. The lowest BCUT2D eigenvalue weighted by Crippen LogP contribution is -2.16. The van der Waals surface area contributed by atoms with Gasteiger partial charge in [-0.2, -0.15) is 13.2 Å². The van der Waals surface area contributed by atoms with Gasteiger partial charge in [-0.25, -0.2) is 9.37 Å². The molecule has 0 aliphatic rings. The summed E-state index contributed by atoms with van der Waals surface area (Å²) in [6, 6.07) is 2.62. The highest BCUT2D eigenvalue weighted by Gasteiger charge is 2.28. The van der Waals surface area contributed by atoms with E-state index in [2.05, 4.69) is 4.98 Å². The third-order valence-corrected chi connectivity index (χ3v) is 2.71. The summed E-state index contributed by atoms with van der Waals surface area (Å²) < 4.78 is 51.6. The van der Waals surface area contributed by atoms with Gasteiger partial charge in [0.25, 0.3) is 0 Å². The van der Waals surface area contributed by atoms with Gasteiger partial charge in [0.15, 0.2) is 0 Å². The van der Waals surface area contributed by atoms with Crippen LogP contribution in [0.4, 0.5) is 17.6 Å². The quantitative estimate of drug-likeness (QED) is 0.720. The molecule has 2 rings (SSSR count). The molecular formula is C14H18F4N2. The summed E-state index contributed by atoms with van der Waals surface area (Å²) in [6.07, 6.45) is -3.26. The fourth-order valence-corrected chi connectivity index (χ4v) is 1.86. The lowest BCUT2D eigenvalue weighted by Gasteiger charge is -2.10. The van der Waals surface area contributed by atoms with Gasteiger partial charge < -0.3 is 4.57 Å². The van der Waals surface area contributed by atoms with Crippen molar-refractivity contribution >= 4 is 11.0 Å². The van der Waals surface area contributed by atoms with E-state index in [9.17, 15) is 17.6 Å². The molecule has 2 aromatic rings. The zero-order chi connectivity index (χ0) is 15.5. The van der Waals surface area contributed by atoms with Gasteiger partial charge in [0.05, 0.1) is 17.4 Å². The molecule has 0 radical (unpaired) electrons. The summed E-state index contributed by atoms with van der Waals surface area (Å²) in [5, 5.41) is 0. The molecule has 0 saturated carbocycles. The first-order valence-electron chi connectivity index (χ1n) is 6.49. The maximum absolute atomic E-state index is 13.7. The number of imidazole rings is 1. The Morgan fingerprint density at radius 2 is 1.80 bits per heavy atom. The van der Waals surface area contributed by atoms with Gasteiger partial charge in [0.2, 0.25) is 0 Å². The second-order valence-electron chi connectivity index (χ2n) is 4.50. The minimum atomic E-state index is -4.35. The van der Waals surface area contributed by atoms with Crippen molar-refractivity contribution in [3.05, 3.63) is 29.8 Å². The van der Waals surface area contributed by atoms with Gasteiger partial charge in [-0.15, -0.1) is 0 Å². The van der Waals surface area contributed by atoms with Crippen LogP contribution in [-0.2, 0) is 6.54 Å². The molecule has 1 heterocycles. The number of benzene rings is 1. The number of alkyl halides is 3. The third kappa shape index (κ3) is 3.71. The Hall–Kier alpha value is -1.59. The number of halogens is 4. The Morgan fingerprint density at radius 3 is 2.30 bits per heavy atom. The van der Waals surface area contributed by atoms with Crippen LogP contribution in [0.15, 0.2) is 18.5 Å². The van der Waals surface area contributed by atoms with Gasteiger partial charge in [0, 0.05) is 6.07 Å². The van der Waals surface area contributed by atoms with Crippen molar-refractivity contribution in [3.8, 4) is 0 Å². The SMILES string of the molecule is CC.CC(C)c1cc2ncn(CC(F)(F)F)c2cc1F. The predicted molar refractivity (Wildman–Crippen MR) is 71.2 cm³/mol. The topological polar surface area (TPSA) is 17.8 Å². The van der Waals surface area contributed by atoms with Crippen LogP contribution in [0.25, 0.3) is 11.0 Å². The lowest BCUT2D eigenvalue weighted by molar-refractivity contribution is -0.139. The molecule has 0 amide bonds. The first-order chi connectivity index (χ1) is 9.28. The van der Waals surface area contributed by atoms with Crippen LogP contribution >= 0.6 is 0 Å². The van der Waals surface area contributed by atoms with E-state index in [1.54, 1.807) is 0 Å². The smallest absolute Gasteiger partial charge is 0.321 e. The number of nitrogens with zero attached hydrogens (tertiary/aromatic N) is 2. The minimum Gasteiger partial charge on any atom is -0.321 e. The van der Waals surface area contributed by atoms with Gasteiger partial charge in [-0.3, -0.25) is 0 Å². The van der Waals surface area contributed by atoms with Gasteiger partial charge in [-0.1, -0.05) is 27.7 Å². The number of hydrogen-bond donors (Lipinski definition) is 0. The molecule has 0 aliphatic carbocycles. The summed E-state index contributed by atoms with van der Waals surface area (Å²) >= 11 is 0. The molecule has 0 bridgehead atoms. The average Bonchev–Trinajstić information content (AvgIpc) is 2.71. The molecule has 20 heavy (non-hydrogen) atoms. The van der Waals surface area contributed by atoms with Crippen molar-refractivity contribution in [3.63, 3.8) is 0 Å². The Bertz CT molecular complexity index is 570. The largest absolute Gasteiger partial charge is 0.406 e. The predicted octanol–water partition coefficient (Wildman–Crippen LogP) is 4.89.